The van der Waals surface area contributed by atoms with Crippen LogP contribution in [0.25, 0.3) is 0 Å². The highest BCUT2D eigenvalue weighted by Crippen LogP contribution is 2.22. The van der Waals surface area contributed by atoms with Crippen LogP contribution in [0.5, 0.6) is 11.5 Å². The summed E-state index contributed by atoms with van der Waals surface area (Å²) >= 11 is 1.92. The first-order chi connectivity index (χ1) is 10.9. The summed E-state index contributed by atoms with van der Waals surface area (Å²) in [6.45, 7) is 0. The van der Waals surface area contributed by atoms with Crippen molar-refractivity contribution < 1.29 is 19.9 Å². The molecule has 2 rings (SSSR count). The van der Waals surface area contributed by atoms with Gasteiger partial charge in [0.05, 0.1) is 14.7 Å². The van der Waals surface area contributed by atoms with Crippen LogP contribution in [0.1, 0.15) is 15.9 Å². The predicted molar refractivity (Wildman–Crippen MR) is 90.6 cm³/mol. The lowest BCUT2D eigenvalue weighted by atomic mass is 10.2. The number of nitro benzene ring substituents is 1. The van der Waals surface area contributed by atoms with Crippen molar-refractivity contribution in [2.75, 3.05) is 0 Å². The van der Waals surface area contributed by atoms with E-state index in [9.17, 15) is 25.1 Å². The van der Waals surface area contributed by atoms with Gasteiger partial charge in [-0.1, -0.05) is 0 Å². The summed E-state index contributed by atoms with van der Waals surface area (Å²) < 4.78 is 0.601. The van der Waals surface area contributed by atoms with Crippen LogP contribution in [0.3, 0.4) is 0 Å². The van der Waals surface area contributed by atoms with Crippen molar-refractivity contribution in [2.45, 2.75) is 0 Å². The monoisotopic (exact) mass is 427 g/mol. The number of hydrogen-bond acceptors (Lipinski definition) is 6. The third kappa shape index (κ3) is 4.16. The van der Waals surface area contributed by atoms with Crippen LogP contribution >= 0.6 is 22.6 Å². The molecule has 1 amide bonds. The number of benzene rings is 2. The van der Waals surface area contributed by atoms with Crippen LogP contribution in [0.2, 0.25) is 0 Å². The number of phenols is 2. The second-order valence-electron chi connectivity index (χ2n) is 4.37. The molecule has 0 heterocycles. The summed E-state index contributed by atoms with van der Waals surface area (Å²) in [5.74, 6) is -0.808. The number of carbonyl (C=O) groups is 1. The number of carbonyl (C=O) groups excluding carboxylic acids is 1. The third-order valence-electron chi connectivity index (χ3n) is 2.80. The highest BCUT2D eigenvalue weighted by Gasteiger charge is 2.10. The zero-order valence-electron chi connectivity index (χ0n) is 11.4. The molecular weight excluding hydrogens is 417 g/mol. The number of nitrogens with zero attached hydrogens (tertiary/aromatic N) is 2. The molecule has 0 bridgehead atoms. The van der Waals surface area contributed by atoms with Crippen molar-refractivity contribution in [1.29, 1.82) is 0 Å². The van der Waals surface area contributed by atoms with Crippen molar-refractivity contribution in [3.63, 3.8) is 0 Å². The van der Waals surface area contributed by atoms with Gasteiger partial charge in [0.1, 0.15) is 11.5 Å². The van der Waals surface area contributed by atoms with Crippen molar-refractivity contribution in [3.8, 4) is 11.5 Å². The molecule has 0 radical (unpaired) electrons. The molecule has 23 heavy (non-hydrogen) atoms. The Morgan fingerprint density at radius 2 is 1.96 bits per heavy atom. The average molecular weight is 427 g/mol. The van der Waals surface area contributed by atoms with Crippen molar-refractivity contribution in [1.82, 2.24) is 5.43 Å². The number of phenolic OH excluding ortho intramolecular Hbond substituents is 2. The molecule has 9 heteroatoms. The second kappa shape index (κ2) is 7.05. The highest BCUT2D eigenvalue weighted by atomic mass is 127. The van der Waals surface area contributed by atoms with Gasteiger partial charge in [-0.2, -0.15) is 5.10 Å². The fraction of sp³-hybridized carbons (Fsp3) is 0. The Hall–Kier alpha value is -2.69. The van der Waals surface area contributed by atoms with Gasteiger partial charge in [-0.05, 0) is 46.9 Å². The number of aromatic hydroxyl groups is 2. The first-order valence-electron chi connectivity index (χ1n) is 6.18. The van der Waals surface area contributed by atoms with E-state index in [4.69, 9.17) is 0 Å². The SMILES string of the molecule is O=C(N/N=C\c1cc([N+](=O)[O-])ccc1O)c1ccc(I)c(O)c1. The number of hydrazone groups is 1. The number of hydrogen-bond donors (Lipinski definition) is 3. The zero-order chi connectivity index (χ0) is 17.0. The molecule has 0 unspecified atom stereocenters. The van der Waals surface area contributed by atoms with E-state index in [0.29, 0.717) is 3.57 Å². The Balaban J connectivity index is 2.12. The minimum absolute atomic E-state index is 0.0291. The molecule has 8 nitrogen and oxygen atoms in total. The van der Waals surface area contributed by atoms with Gasteiger partial charge in [-0.15, -0.1) is 0 Å². The molecule has 0 aliphatic carbocycles. The molecule has 0 saturated heterocycles. The van der Waals surface area contributed by atoms with E-state index in [1.165, 1.54) is 18.2 Å². The molecule has 0 aromatic heterocycles. The molecule has 2 aromatic carbocycles. The quantitative estimate of drug-likeness (QED) is 0.299. The summed E-state index contributed by atoms with van der Waals surface area (Å²) in [5, 5.41) is 33.5. The van der Waals surface area contributed by atoms with Gasteiger partial charge in [0.2, 0.25) is 0 Å². The maximum absolute atomic E-state index is 11.8. The highest BCUT2D eigenvalue weighted by molar-refractivity contribution is 14.1. The fourth-order valence-electron chi connectivity index (χ4n) is 1.64. The number of rotatable bonds is 4. The minimum atomic E-state index is -0.607. The van der Waals surface area contributed by atoms with E-state index in [1.807, 2.05) is 22.6 Å². The summed E-state index contributed by atoms with van der Waals surface area (Å²) in [7, 11) is 0. The smallest absolute Gasteiger partial charge is 0.271 e. The standard InChI is InChI=1S/C14H10IN3O5/c15-11-3-1-8(6-13(11)20)14(21)17-16-7-9-5-10(18(22)23)2-4-12(9)19/h1-7,19-20H,(H,17,21)/b16-7-. The van der Waals surface area contributed by atoms with Gasteiger partial charge >= 0.3 is 0 Å². The Morgan fingerprint density at radius 1 is 1.22 bits per heavy atom. The Morgan fingerprint density at radius 3 is 2.61 bits per heavy atom. The molecule has 118 valence electrons. The van der Waals surface area contributed by atoms with Gasteiger partial charge in [-0.3, -0.25) is 14.9 Å². The minimum Gasteiger partial charge on any atom is -0.507 e. The van der Waals surface area contributed by atoms with E-state index in [0.717, 1.165) is 18.3 Å². The molecule has 0 aliphatic rings. The number of halogens is 1. The molecule has 2 aromatic rings. The predicted octanol–water partition coefficient (Wildman–Crippen LogP) is 2.37. The van der Waals surface area contributed by atoms with Crippen LogP contribution in [-0.2, 0) is 0 Å². The van der Waals surface area contributed by atoms with Crippen molar-refractivity contribution in [3.05, 3.63) is 61.2 Å². The second-order valence-corrected chi connectivity index (χ2v) is 5.53. The molecule has 0 saturated carbocycles. The van der Waals surface area contributed by atoms with Gasteiger partial charge in [0.25, 0.3) is 11.6 Å². The molecular formula is C14H10IN3O5. The summed E-state index contributed by atoms with van der Waals surface area (Å²) in [4.78, 5) is 21.9. The van der Waals surface area contributed by atoms with Gasteiger partial charge in [0, 0.05) is 23.3 Å². The van der Waals surface area contributed by atoms with Crippen LogP contribution in [0.4, 0.5) is 5.69 Å². The maximum Gasteiger partial charge on any atom is 0.271 e. The lowest BCUT2D eigenvalue weighted by Crippen LogP contribution is -2.17. The largest absolute Gasteiger partial charge is 0.507 e. The van der Waals surface area contributed by atoms with E-state index in [1.54, 1.807) is 6.07 Å². The maximum atomic E-state index is 11.8. The average Bonchev–Trinajstić information content (AvgIpc) is 2.51. The van der Waals surface area contributed by atoms with E-state index in [-0.39, 0.29) is 28.3 Å². The van der Waals surface area contributed by atoms with Crippen LogP contribution in [-0.4, -0.2) is 27.3 Å². The number of nitrogens with one attached hydrogen (secondary N) is 1. The topological polar surface area (TPSA) is 125 Å². The molecule has 0 atom stereocenters. The Labute approximate surface area is 143 Å². The third-order valence-corrected chi connectivity index (χ3v) is 3.71. The van der Waals surface area contributed by atoms with E-state index < -0.39 is 10.8 Å². The lowest BCUT2D eigenvalue weighted by Gasteiger charge is -2.02. The van der Waals surface area contributed by atoms with Crippen LogP contribution in [0, 0.1) is 13.7 Å². The normalized spacial score (nSPS) is 10.7. The zero-order valence-corrected chi connectivity index (χ0v) is 13.6. The van der Waals surface area contributed by atoms with Gasteiger partial charge in [0.15, 0.2) is 0 Å². The molecule has 3 N–H and O–H groups in total. The fourth-order valence-corrected chi connectivity index (χ4v) is 1.97. The lowest BCUT2D eigenvalue weighted by molar-refractivity contribution is -0.384. The summed E-state index contributed by atoms with van der Waals surface area (Å²) in [6, 6.07) is 7.81. The summed E-state index contributed by atoms with van der Waals surface area (Å²) in [6.07, 6.45) is 1.09. The van der Waals surface area contributed by atoms with Crippen LogP contribution < -0.4 is 5.43 Å². The first kappa shape index (κ1) is 16.7. The number of amides is 1. The molecule has 0 aliphatic heterocycles. The Bertz CT molecular complexity index is 807. The first-order valence-corrected chi connectivity index (χ1v) is 7.25. The summed E-state index contributed by atoms with van der Waals surface area (Å²) in [5.41, 5.74) is 2.28. The Kier molecular flexibility index (Phi) is 5.11. The number of non-ortho nitro benzene ring substituents is 1. The van der Waals surface area contributed by atoms with Gasteiger partial charge < -0.3 is 10.2 Å². The molecule has 0 fully saturated rings. The van der Waals surface area contributed by atoms with E-state index >= 15 is 0 Å². The van der Waals surface area contributed by atoms with Crippen LogP contribution in [0.15, 0.2) is 41.5 Å². The molecule has 0 spiro atoms. The van der Waals surface area contributed by atoms with E-state index in [2.05, 4.69) is 10.5 Å². The number of nitro groups is 1. The van der Waals surface area contributed by atoms with Crippen molar-refractivity contribution >= 4 is 40.4 Å². The van der Waals surface area contributed by atoms with Crippen molar-refractivity contribution in [2.24, 2.45) is 5.10 Å². The van der Waals surface area contributed by atoms with Gasteiger partial charge in [-0.25, -0.2) is 5.43 Å².